The van der Waals surface area contributed by atoms with Crippen LogP contribution in [0.2, 0.25) is 5.02 Å². The summed E-state index contributed by atoms with van der Waals surface area (Å²) in [5.41, 5.74) is 3.56. The maximum atomic E-state index is 6.08. The van der Waals surface area contributed by atoms with Gasteiger partial charge in [-0.25, -0.2) is 0 Å². The molecule has 0 spiro atoms. The minimum absolute atomic E-state index is 0.522. The summed E-state index contributed by atoms with van der Waals surface area (Å²) in [4.78, 5) is 2.28. The van der Waals surface area contributed by atoms with Crippen molar-refractivity contribution < 1.29 is 4.74 Å². The first-order valence-electron chi connectivity index (χ1n) is 8.48. The topological polar surface area (TPSA) is 12.5 Å². The molecule has 0 amide bonds. The molecule has 0 unspecified atom stereocenters. The fourth-order valence-electron chi connectivity index (χ4n) is 2.80. The summed E-state index contributed by atoms with van der Waals surface area (Å²) < 4.78 is 7.13. The van der Waals surface area contributed by atoms with Gasteiger partial charge < -0.3 is 4.74 Å². The van der Waals surface area contributed by atoms with Crippen molar-refractivity contribution in [3.05, 3.63) is 99.0 Å². The molecule has 3 aromatic rings. The van der Waals surface area contributed by atoms with Crippen LogP contribution in [-0.4, -0.2) is 11.9 Å². The van der Waals surface area contributed by atoms with Gasteiger partial charge in [0, 0.05) is 28.1 Å². The van der Waals surface area contributed by atoms with E-state index in [9.17, 15) is 0 Å². The van der Waals surface area contributed by atoms with E-state index in [1.165, 1.54) is 5.56 Å². The van der Waals surface area contributed by atoms with Crippen LogP contribution in [0.15, 0.2) is 77.3 Å². The summed E-state index contributed by atoms with van der Waals surface area (Å²) in [5.74, 6) is 0.906. The smallest absolute Gasteiger partial charge is 0.124 e. The molecule has 0 aliphatic heterocycles. The molecule has 0 heterocycles. The largest absolute Gasteiger partial charge is 0.489 e. The Bertz CT molecular complexity index is 837. The minimum Gasteiger partial charge on any atom is -0.489 e. The summed E-state index contributed by atoms with van der Waals surface area (Å²) in [6.07, 6.45) is 0. The highest BCUT2D eigenvalue weighted by atomic mass is 79.9. The molecule has 0 bridgehead atoms. The van der Waals surface area contributed by atoms with E-state index in [2.05, 4.69) is 58.2 Å². The molecule has 134 valence electrons. The van der Waals surface area contributed by atoms with Crippen LogP contribution in [0.4, 0.5) is 0 Å². The van der Waals surface area contributed by atoms with Crippen molar-refractivity contribution in [1.82, 2.24) is 4.90 Å². The van der Waals surface area contributed by atoms with E-state index < -0.39 is 0 Å². The van der Waals surface area contributed by atoms with Crippen LogP contribution in [0.25, 0.3) is 0 Å². The Labute approximate surface area is 168 Å². The quantitative estimate of drug-likeness (QED) is 0.435. The number of nitrogens with zero attached hydrogens (tertiary/aromatic N) is 1. The van der Waals surface area contributed by atoms with Gasteiger partial charge >= 0.3 is 0 Å². The molecule has 0 aromatic heterocycles. The molecule has 0 saturated heterocycles. The van der Waals surface area contributed by atoms with Crippen molar-refractivity contribution in [2.45, 2.75) is 19.7 Å². The molecule has 2 nitrogen and oxygen atoms in total. The normalized spacial score (nSPS) is 10.9. The third kappa shape index (κ3) is 5.60. The van der Waals surface area contributed by atoms with E-state index in [0.717, 1.165) is 39.5 Å². The molecule has 0 atom stereocenters. The standard InChI is InChI=1S/C22H21BrClNO/c1-25(14-17-5-3-2-4-6-17)15-19-13-20(23)9-12-22(19)26-16-18-7-10-21(24)11-8-18/h2-13H,14-16H2,1H3. The zero-order chi connectivity index (χ0) is 18.4. The lowest BCUT2D eigenvalue weighted by molar-refractivity contribution is 0.282. The molecule has 0 radical (unpaired) electrons. The first-order chi connectivity index (χ1) is 12.6. The fraction of sp³-hybridized carbons (Fsp3) is 0.182. The summed E-state index contributed by atoms with van der Waals surface area (Å²) in [7, 11) is 2.12. The second-order valence-electron chi connectivity index (χ2n) is 6.33. The SMILES string of the molecule is CN(Cc1ccccc1)Cc1cc(Br)ccc1OCc1ccc(Cl)cc1. The highest BCUT2D eigenvalue weighted by Crippen LogP contribution is 2.26. The van der Waals surface area contributed by atoms with Crippen molar-refractivity contribution in [2.24, 2.45) is 0 Å². The van der Waals surface area contributed by atoms with Gasteiger partial charge in [0.15, 0.2) is 0 Å². The maximum Gasteiger partial charge on any atom is 0.124 e. The molecule has 0 fully saturated rings. The van der Waals surface area contributed by atoms with Gasteiger partial charge in [-0.3, -0.25) is 4.90 Å². The Morgan fingerprint density at radius 2 is 1.62 bits per heavy atom. The lowest BCUT2D eigenvalue weighted by Crippen LogP contribution is -2.17. The molecular weight excluding hydrogens is 410 g/mol. The van der Waals surface area contributed by atoms with Gasteiger partial charge in [-0.15, -0.1) is 0 Å². The third-order valence-corrected chi connectivity index (χ3v) is 4.81. The number of ether oxygens (including phenoxy) is 1. The van der Waals surface area contributed by atoms with Crippen LogP contribution < -0.4 is 4.74 Å². The van der Waals surface area contributed by atoms with Gasteiger partial charge in [0.25, 0.3) is 0 Å². The van der Waals surface area contributed by atoms with E-state index in [-0.39, 0.29) is 0 Å². The highest BCUT2D eigenvalue weighted by Gasteiger charge is 2.09. The van der Waals surface area contributed by atoms with Crippen molar-refractivity contribution in [3.63, 3.8) is 0 Å². The second-order valence-corrected chi connectivity index (χ2v) is 7.68. The van der Waals surface area contributed by atoms with Crippen LogP contribution in [0, 0.1) is 0 Å². The molecule has 0 N–H and O–H groups in total. The van der Waals surface area contributed by atoms with Gasteiger partial charge in [0.2, 0.25) is 0 Å². The molecule has 26 heavy (non-hydrogen) atoms. The first kappa shape index (κ1) is 19.0. The molecule has 3 aromatic carbocycles. The molecule has 3 rings (SSSR count). The minimum atomic E-state index is 0.522. The third-order valence-electron chi connectivity index (χ3n) is 4.07. The predicted octanol–water partition coefficient (Wildman–Crippen LogP) is 6.31. The Hall–Kier alpha value is -1.81. The van der Waals surface area contributed by atoms with Crippen LogP contribution in [0.5, 0.6) is 5.75 Å². The lowest BCUT2D eigenvalue weighted by Gasteiger charge is -2.19. The monoisotopic (exact) mass is 429 g/mol. The molecular formula is C22H21BrClNO. The van der Waals surface area contributed by atoms with Gasteiger partial charge in [0.05, 0.1) is 0 Å². The van der Waals surface area contributed by atoms with Crippen LogP contribution in [0.3, 0.4) is 0 Å². The fourth-order valence-corrected chi connectivity index (χ4v) is 3.33. The predicted molar refractivity (Wildman–Crippen MR) is 112 cm³/mol. The van der Waals surface area contributed by atoms with E-state index >= 15 is 0 Å². The van der Waals surface area contributed by atoms with Gasteiger partial charge in [-0.2, -0.15) is 0 Å². The Morgan fingerprint density at radius 1 is 0.885 bits per heavy atom. The zero-order valence-electron chi connectivity index (χ0n) is 14.7. The van der Waals surface area contributed by atoms with Gasteiger partial charge in [0.1, 0.15) is 12.4 Å². The van der Waals surface area contributed by atoms with Crippen molar-refractivity contribution in [1.29, 1.82) is 0 Å². The Balaban J connectivity index is 1.68. The maximum absolute atomic E-state index is 6.08. The summed E-state index contributed by atoms with van der Waals surface area (Å²) in [6, 6.07) is 24.4. The van der Waals surface area contributed by atoms with E-state index in [0.29, 0.717) is 6.61 Å². The summed E-state index contributed by atoms with van der Waals surface area (Å²) in [5, 5.41) is 0.737. The number of rotatable bonds is 7. The second kappa shape index (κ2) is 9.22. The van der Waals surface area contributed by atoms with Crippen LogP contribution in [-0.2, 0) is 19.7 Å². The first-order valence-corrected chi connectivity index (χ1v) is 9.65. The van der Waals surface area contributed by atoms with Gasteiger partial charge in [-0.1, -0.05) is 70.0 Å². The molecule has 0 saturated carbocycles. The van der Waals surface area contributed by atoms with Crippen molar-refractivity contribution >= 4 is 27.5 Å². The van der Waals surface area contributed by atoms with Gasteiger partial charge in [-0.05, 0) is 48.5 Å². The van der Waals surface area contributed by atoms with E-state index in [4.69, 9.17) is 16.3 Å². The summed E-state index contributed by atoms with van der Waals surface area (Å²) in [6.45, 7) is 2.22. The van der Waals surface area contributed by atoms with E-state index in [1.807, 2.05) is 42.5 Å². The Morgan fingerprint density at radius 3 is 2.35 bits per heavy atom. The summed E-state index contributed by atoms with van der Waals surface area (Å²) >= 11 is 9.51. The molecule has 0 aliphatic rings. The zero-order valence-corrected chi connectivity index (χ0v) is 17.0. The molecule has 4 heteroatoms. The number of halogens is 2. The number of hydrogen-bond acceptors (Lipinski definition) is 2. The van der Waals surface area contributed by atoms with Crippen molar-refractivity contribution in [3.8, 4) is 5.75 Å². The molecule has 0 aliphatic carbocycles. The van der Waals surface area contributed by atoms with Crippen LogP contribution >= 0.6 is 27.5 Å². The van der Waals surface area contributed by atoms with Crippen molar-refractivity contribution in [2.75, 3.05) is 7.05 Å². The van der Waals surface area contributed by atoms with Crippen LogP contribution in [0.1, 0.15) is 16.7 Å². The average molecular weight is 431 g/mol. The van der Waals surface area contributed by atoms with E-state index in [1.54, 1.807) is 0 Å². The Kier molecular flexibility index (Phi) is 6.73. The average Bonchev–Trinajstić information content (AvgIpc) is 2.63. The number of benzene rings is 3. The lowest BCUT2D eigenvalue weighted by atomic mass is 10.1. The number of hydrogen-bond donors (Lipinski definition) is 0. The highest BCUT2D eigenvalue weighted by molar-refractivity contribution is 9.10.